The molecule has 4 aliphatic rings. The van der Waals surface area contributed by atoms with Gasteiger partial charge in [0.25, 0.3) is 0 Å². The molecule has 6 atom stereocenters. The van der Waals surface area contributed by atoms with Crippen LogP contribution in [0.4, 0.5) is 0 Å². The summed E-state index contributed by atoms with van der Waals surface area (Å²) in [7, 11) is 2.31. The van der Waals surface area contributed by atoms with Gasteiger partial charge in [0.1, 0.15) is 0 Å². The number of fused-ring (bicyclic) bond motifs is 4. The second kappa shape index (κ2) is 7.22. The Kier molecular flexibility index (Phi) is 5.19. The Hall–Kier alpha value is -0.160. The summed E-state index contributed by atoms with van der Waals surface area (Å²) in [5.41, 5.74) is 0. The second-order valence-corrected chi connectivity index (χ2v) is 8.92. The van der Waals surface area contributed by atoms with Crippen LogP contribution >= 0.6 is 0 Å². The fraction of sp³-hybridized carbons (Fsp3) is 1.00. The highest BCUT2D eigenvalue weighted by molar-refractivity contribution is 4.96. The van der Waals surface area contributed by atoms with E-state index in [0.717, 1.165) is 37.3 Å². The molecule has 0 spiro atoms. The quantitative estimate of drug-likeness (QED) is 0.744. The summed E-state index contributed by atoms with van der Waals surface area (Å²) in [6.07, 6.45) is 11.8. The van der Waals surface area contributed by atoms with Crippen LogP contribution in [0.15, 0.2) is 0 Å². The van der Waals surface area contributed by atoms with Gasteiger partial charge in [-0.15, -0.1) is 0 Å². The van der Waals surface area contributed by atoms with Crippen LogP contribution in [-0.4, -0.2) is 72.5 Å². The van der Waals surface area contributed by atoms with Crippen molar-refractivity contribution in [1.82, 2.24) is 9.80 Å². The van der Waals surface area contributed by atoms with E-state index in [4.69, 9.17) is 9.47 Å². The summed E-state index contributed by atoms with van der Waals surface area (Å²) < 4.78 is 12.4. The fourth-order valence-electron chi connectivity index (χ4n) is 5.91. The molecule has 138 valence electrons. The molecule has 4 nitrogen and oxygen atoms in total. The van der Waals surface area contributed by atoms with E-state index in [-0.39, 0.29) is 0 Å². The van der Waals surface area contributed by atoms with Gasteiger partial charge in [0.05, 0.1) is 24.9 Å². The van der Waals surface area contributed by atoms with Crippen LogP contribution in [-0.2, 0) is 9.47 Å². The van der Waals surface area contributed by atoms with Crippen LogP contribution in [0.3, 0.4) is 0 Å². The third-order valence-corrected chi connectivity index (χ3v) is 7.06. The van der Waals surface area contributed by atoms with Crippen molar-refractivity contribution < 1.29 is 9.47 Å². The molecular formula is C20H36N2O2. The predicted molar refractivity (Wildman–Crippen MR) is 96.3 cm³/mol. The molecule has 4 fully saturated rings. The van der Waals surface area contributed by atoms with Crippen molar-refractivity contribution in [3.63, 3.8) is 0 Å². The Morgan fingerprint density at radius 3 is 1.96 bits per heavy atom. The molecule has 4 aliphatic heterocycles. The maximum atomic E-state index is 6.33. The molecule has 0 aliphatic carbocycles. The summed E-state index contributed by atoms with van der Waals surface area (Å²) in [5, 5.41) is 0. The SMILES string of the molecule is CC(C)OC1C[C@H]2CC[C@@H](C1)N2CCOC1C[C@H]2CC[C@@H](C1)N2C. The molecule has 24 heavy (non-hydrogen) atoms. The first kappa shape index (κ1) is 17.3. The lowest BCUT2D eigenvalue weighted by Gasteiger charge is -2.40. The van der Waals surface area contributed by atoms with Gasteiger partial charge in [-0.3, -0.25) is 4.90 Å². The van der Waals surface area contributed by atoms with Gasteiger partial charge in [-0.2, -0.15) is 0 Å². The Balaban J connectivity index is 1.22. The molecule has 0 N–H and O–H groups in total. The van der Waals surface area contributed by atoms with Crippen molar-refractivity contribution in [2.75, 3.05) is 20.2 Å². The number of hydrogen-bond donors (Lipinski definition) is 0. The van der Waals surface area contributed by atoms with E-state index in [1.165, 1.54) is 51.4 Å². The zero-order chi connectivity index (χ0) is 16.7. The van der Waals surface area contributed by atoms with Crippen molar-refractivity contribution in [3.05, 3.63) is 0 Å². The molecule has 0 amide bonds. The van der Waals surface area contributed by atoms with E-state index in [0.29, 0.717) is 18.3 Å². The van der Waals surface area contributed by atoms with Gasteiger partial charge in [-0.25, -0.2) is 0 Å². The van der Waals surface area contributed by atoms with Crippen LogP contribution in [0.5, 0.6) is 0 Å². The number of ether oxygens (including phenoxy) is 2. The number of nitrogens with zero attached hydrogens (tertiary/aromatic N) is 2. The first-order chi connectivity index (χ1) is 11.6. The van der Waals surface area contributed by atoms with Gasteiger partial charge in [0.15, 0.2) is 0 Å². The Morgan fingerprint density at radius 1 is 0.833 bits per heavy atom. The normalized spacial score (nSPS) is 43.0. The maximum Gasteiger partial charge on any atom is 0.0608 e. The molecular weight excluding hydrogens is 300 g/mol. The van der Waals surface area contributed by atoms with E-state index in [1.807, 2.05) is 0 Å². The van der Waals surface area contributed by atoms with Crippen molar-refractivity contribution in [1.29, 1.82) is 0 Å². The molecule has 0 aromatic carbocycles. The van der Waals surface area contributed by atoms with Crippen LogP contribution in [0.25, 0.3) is 0 Å². The summed E-state index contributed by atoms with van der Waals surface area (Å²) in [6, 6.07) is 3.05. The van der Waals surface area contributed by atoms with Crippen LogP contribution in [0.2, 0.25) is 0 Å². The molecule has 0 aromatic rings. The van der Waals surface area contributed by atoms with Crippen LogP contribution in [0.1, 0.15) is 65.2 Å². The number of rotatable bonds is 6. The topological polar surface area (TPSA) is 24.9 Å². The molecule has 4 bridgehead atoms. The first-order valence-electron chi connectivity index (χ1n) is 10.3. The molecule has 0 aromatic heterocycles. The summed E-state index contributed by atoms with van der Waals surface area (Å²) in [4.78, 5) is 5.34. The van der Waals surface area contributed by atoms with Crippen LogP contribution in [0, 0.1) is 0 Å². The molecule has 4 heteroatoms. The van der Waals surface area contributed by atoms with Gasteiger partial charge in [-0.05, 0) is 72.3 Å². The summed E-state index contributed by atoms with van der Waals surface area (Å²) in [6.45, 7) is 6.38. The van der Waals surface area contributed by atoms with Crippen LogP contribution < -0.4 is 0 Å². The van der Waals surface area contributed by atoms with E-state index in [1.54, 1.807) is 0 Å². The molecule has 4 heterocycles. The standard InChI is InChI=1S/C20H36N2O2/c1-14(2)24-20-12-17-6-7-18(13-20)22(17)8-9-23-19-10-15-4-5-16(11-19)21(15)3/h14-20H,4-13H2,1-3H3/t15-,16+,17-,18+,19?,20?. The van der Waals surface area contributed by atoms with E-state index < -0.39 is 0 Å². The minimum atomic E-state index is 0.365. The van der Waals surface area contributed by atoms with Gasteiger partial charge < -0.3 is 14.4 Å². The van der Waals surface area contributed by atoms with E-state index in [2.05, 4.69) is 30.7 Å². The predicted octanol–water partition coefficient (Wildman–Crippen LogP) is 3.05. The van der Waals surface area contributed by atoms with Crippen molar-refractivity contribution in [2.24, 2.45) is 0 Å². The average Bonchev–Trinajstić information content (AvgIpc) is 2.90. The largest absolute Gasteiger partial charge is 0.377 e. The third kappa shape index (κ3) is 3.53. The van der Waals surface area contributed by atoms with Gasteiger partial charge >= 0.3 is 0 Å². The highest BCUT2D eigenvalue weighted by Crippen LogP contribution is 2.38. The molecule has 4 rings (SSSR count). The minimum Gasteiger partial charge on any atom is -0.377 e. The lowest BCUT2D eigenvalue weighted by molar-refractivity contribution is -0.0619. The molecule has 4 saturated heterocycles. The maximum absolute atomic E-state index is 6.33. The average molecular weight is 337 g/mol. The second-order valence-electron chi connectivity index (χ2n) is 8.92. The Labute approximate surface area is 147 Å². The fourth-order valence-corrected chi connectivity index (χ4v) is 5.91. The van der Waals surface area contributed by atoms with E-state index >= 15 is 0 Å². The molecule has 0 radical (unpaired) electrons. The Morgan fingerprint density at radius 2 is 1.38 bits per heavy atom. The van der Waals surface area contributed by atoms with Gasteiger partial charge in [0.2, 0.25) is 0 Å². The zero-order valence-corrected chi connectivity index (χ0v) is 15.8. The summed E-state index contributed by atoms with van der Waals surface area (Å²) >= 11 is 0. The van der Waals surface area contributed by atoms with Crippen molar-refractivity contribution in [3.8, 4) is 0 Å². The highest BCUT2D eigenvalue weighted by atomic mass is 16.5. The lowest BCUT2D eigenvalue weighted by Crippen LogP contribution is -2.48. The van der Waals surface area contributed by atoms with Gasteiger partial charge in [0, 0.05) is 30.7 Å². The molecule has 2 unspecified atom stereocenters. The highest BCUT2D eigenvalue weighted by Gasteiger charge is 2.42. The molecule has 0 saturated carbocycles. The first-order valence-corrected chi connectivity index (χ1v) is 10.3. The minimum absolute atomic E-state index is 0.365. The third-order valence-electron chi connectivity index (χ3n) is 7.06. The number of hydrogen-bond acceptors (Lipinski definition) is 4. The summed E-state index contributed by atoms with van der Waals surface area (Å²) in [5.74, 6) is 0. The number of piperidine rings is 2. The zero-order valence-electron chi connectivity index (χ0n) is 15.8. The van der Waals surface area contributed by atoms with Crippen molar-refractivity contribution in [2.45, 2.75) is 108 Å². The Bertz CT molecular complexity index is 402. The lowest BCUT2D eigenvalue weighted by atomic mass is 9.99. The van der Waals surface area contributed by atoms with Gasteiger partial charge in [-0.1, -0.05) is 0 Å². The smallest absolute Gasteiger partial charge is 0.0608 e. The monoisotopic (exact) mass is 336 g/mol. The van der Waals surface area contributed by atoms with Crippen molar-refractivity contribution >= 4 is 0 Å². The van der Waals surface area contributed by atoms with E-state index in [9.17, 15) is 0 Å².